The van der Waals surface area contributed by atoms with Gasteiger partial charge in [0.15, 0.2) is 0 Å². The van der Waals surface area contributed by atoms with Gasteiger partial charge in [-0.2, -0.15) is 0 Å². The molecular formula is C15H16ClN5O. The van der Waals surface area contributed by atoms with Gasteiger partial charge in [0.2, 0.25) is 0 Å². The van der Waals surface area contributed by atoms with Gasteiger partial charge >= 0.3 is 0 Å². The predicted molar refractivity (Wildman–Crippen MR) is 85.8 cm³/mol. The summed E-state index contributed by atoms with van der Waals surface area (Å²) in [5.41, 5.74) is 1.29. The molecule has 0 bridgehead atoms. The molecule has 2 heterocycles. The Balaban J connectivity index is 1.82. The number of pyridine rings is 1. The molecule has 114 valence electrons. The van der Waals surface area contributed by atoms with Crippen LogP contribution in [0.5, 0.6) is 0 Å². The third-order valence-corrected chi connectivity index (χ3v) is 3.85. The molecule has 0 amide bonds. The van der Waals surface area contributed by atoms with Crippen LogP contribution >= 0.6 is 11.6 Å². The van der Waals surface area contributed by atoms with Crippen LogP contribution in [0.4, 0.5) is 0 Å². The van der Waals surface area contributed by atoms with E-state index < -0.39 is 0 Å². The smallest absolute Gasteiger partial charge is 0.252 e. The maximum atomic E-state index is 12.1. The average molecular weight is 318 g/mol. The Kier molecular flexibility index (Phi) is 3.96. The number of benzene rings is 1. The lowest BCUT2D eigenvalue weighted by Gasteiger charge is -2.12. The maximum absolute atomic E-state index is 12.1. The van der Waals surface area contributed by atoms with Gasteiger partial charge in [-0.25, -0.2) is 0 Å². The number of nitrogens with zero attached hydrogens (tertiary/aromatic N) is 3. The highest BCUT2D eigenvalue weighted by Crippen LogP contribution is 2.17. The standard InChI is InChI=1S/C15H16ClN5O/c1-9(14-20-18-8-21(14)2)17-7-11-5-10-3-4-12(16)6-13(10)19-15(11)22/h3-6,8-9,17H,7H2,1-2H3,(H,19,22). The first kappa shape index (κ1) is 14.7. The molecule has 7 heteroatoms. The molecule has 2 N–H and O–H groups in total. The van der Waals surface area contributed by atoms with Crippen molar-refractivity contribution in [1.82, 2.24) is 25.1 Å². The maximum Gasteiger partial charge on any atom is 0.252 e. The molecule has 0 aliphatic carbocycles. The van der Waals surface area contributed by atoms with E-state index in [0.717, 1.165) is 16.7 Å². The lowest BCUT2D eigenvalue weighted by Crippen LogP contribution is -2.25. The number of H-pyrrole nitrogens is 1. The van der Waals surface area contributed by atoms with Gasteiger partial charge in [-0.1, -0.05) is 17.7 Å². The summed E-state index contributed by atoms with van der Waals surface area (Å²) in [6.45, 7) is 2.43. The fourth-order valence-corrected chi connectivity index (χ4v) is 2.56. The van der Waals surface area contributed by atoms with Crippen LogP contribution in [-0.2, 0) is 13.6 Å². The number of aryl methyl sites for hydroxylation is 1. The van der Waals surface area contributed by atoms with Crippen LogP contribution in [0.1, 0.15) is 24.4 Å². The van der Waals surface area contributed by atoms with Crippen molar-refractivity contribution in [2.75, 3.05) is 0 Å². The van der Waals surface area contributed by atoms with Gasteiger partial charge < -0.3 is 14.9 Å². The molecule has 22 heavy (non-hydrogen) atoms. The summed E-state index contributed by atoms with van der Waals surface area (Å²) >= 11 is 5.94. The van der Waals surface area contributed by atoms with Crippen LogP contribution in [0.2, 0.25) is 5.02 Å². The van der Waals surface area contributed by atoms with E-state index in [9.17, 15) is 4.79 Å². The number of halogens is 1. The first-order valence-electron chi connectivity index (χ1n) is 6.93. The van der Waals surface area contributed by atoms with Crippen molar-refractivity contribution >= 4 is 22.5 Å². The lowest BCUT2D eigenvalue weighted by atomic mass is 10.1. The molecule has 6 nitrogen and oxygen atoms in total. The third kappa shape index (κ3) is 2.88. The summed E-state index contributed by atoms with van der Waals surface area (Å²) in [4.78, 5) is 15.0. The number of aromatic nitrogens is 4. The molecule has 0 saturated carbocycles. The molecule has 0 aliphatic rings. The molecule has 0 radical (unpaired) electrons. The van der Waals surface area contributed by atoms with E-state index in [1.165, 1.54) is 0 Å². The largest absolute Gasteiger partial charge is 0.322 e. The molecule has 0 aliphatic heterocycles. The number of hydrogen-bond donors (Lipinski definition) is 2. The second kappa shape index (κ2) is 5.90. The van der Waals surface area contributed by atoms with Gasteiger partial charge in [-0.15, -0.1) is 10.2 Å². The van der Waals surface area contributed by atoms with Crippen LogP contribution in [0.15, 0.2) is 35.4 Å². The van der Waals surface area contributed by atoms with Gasteiger partial charge in [-0.05, 0) is 30.5 Å². The van der Waals surface area contributed by atoms with Crippen molar-refractivity contribution in [3.63, 3.8) is 0 Å². The van der Waals surface area contributed by atoms with E-state index in [1.54, 1.807) is 12.4 Å². The second-order valence-corrected chi connectivity index (χ2v) is 5.69. The van der Waals surface area contributed by atoms with Gasteiger partial charge in [0, 0.05) is 29.7 Å². The lowest BCUT2D eigenvalue weighted by molar-refractivity contribution is 0.527. The fourth-order valence-electron chi connectivity index (χ4n) is 2.39. The predicted octanol–water partition coefficient (Wildman–Crippen LogP) is 2.16. The average Bonchev–Trinajstić information content (AvgIpc) is 2.91. The van der Waals surface area contributed by atoms with Crippen molar-refractivity contribution < 1.29 is 0 Å². The monoisotopic (exact) mass is 317 g/mol. The van der Waals surface area contributed by atoms with E-state index in [2.05, 4.69) is 20.5 Å². The minimum Gasteiger partial charge on any atom is -0.322 e. The van der Waals surface area contributed by atoms with E-state index in [-0.39, 0.29) is 11.6 Å². The van der Waals surface area contributed by atoms with Crippen molar-refractivity contribution in [2.45, 2.75) is 19.5 Å². The van der Waals surface area contributed by atoms with E-state index in [0.29, 0.717) is 17.1 Å². The van der Waals surface area contributed by atoms with Gasteiger partial charge in [0.25, 0.3) is 5.56 Å². The second-order valence-electron chi connectivity index (χ2n) is 5.26. The van der Waals surface area contributed by atoms with Crippen LogP contribution in [-0.4, -0.2) is 19.7 Å². The minimum absolute atomic E-state index is 0.00665. The van der Waals surface area contributed by atoms with Crippen LogP contribution in [0.3, 0.4) is 0 Å². The molecule has 1 unspecified atom stereocenters. The number of fused-ring (bicyclic) bond motifs is 1. The topological polar surface area (TPSA) is 75.6 Å². The van der Waals surface area contributed by atoms with Crippen molar-refractivity contribution in [3.8, 4) is 0 Å². The van der Waals surface area contributed by atoms with Crippen molar-refractivity contribution in [2.24, 2.45) is 7.05 Å². The zero-order valence-electron chi connectivity index (χ0n) is 12.3. The van der Waals surface area contributed by atoms with Crippen LogP contribution in [0, 0.1) is 0 Å². The Labute approximate surface area is 132 Å². The Morgan fingerprint density at radius 1 is 1.41 bits per heavy atom. The first-order chi connectivity index (χ1) is 10.5. The third-order valence-electron chi connectivity index (χ3n) is 3.62. The Bertz CT molecular complexity index is 870. The summed E-state index contributed by atoms with van der Waals surface area (Å²) in [5, 5.41) is 12.8. The molecule has 0 fully saturated rings. The molecule has 1 atom stereocenters. The normalized spacial score (nSPS) is 12.7. The number of aromatic amines is 1. The highest BCUT2D eigenvalue weighted by atomic mass is 35.5. The SMILES string of the molecule is CC(NCc1cc2ccc(Cl)cc2[nH]c1=O)c1nncn1C. The number of hydrogen-bond acceptors (Lipinski definition) is 4. The molecular weight excluding hydrogens is 302 g/mol. The van der Waals surface area contributed by atoms with Crippen molar-refractivity contribution in [1.29, 1.82) is 0 Å². The summed E-state index contributed by atoms with van der Waals surface area (Å²) in [6, 6.07) is 7.32. The van der Waals surface area contributed by atoms with E-state index in [4.69, 9.17) is 11.6 Å². The van der Waals surface area contributed by atoms with Crippen LogP contribution < -0.4 is 10.9 Å². The van der Waals surface area contributed by atoms with Crippen LogP contribution in [0.25, 0.3) is 10.9 Å². The highest BCUT2D eigenvalue weighted by Gasteiger charge is 2.12. The quantitative estimate of drug-likeness (QED) is 0.773. The van der Waals surface area contributed by atoms with Gasteiger partial charge in [-0.3, -0.25) is 4.79 Å². The molecule has 0 spiro atoms. The highest BCUT2D eigenvalue weighted by molar-refractivity contribution is 6.31. The first-order valence-corrected chi connectivity index (χ1v) is 7.31. The molecule has 0 saturated heterocycles. The van der Waals surface area contributed by atoms with Gasteiger partial charge in [0.1, 0.15) is 12.2 Å². The summed E-state index contributed by atoms with van der Waals surface area (Å²) in [5.74, 6) is 0.823. The number of nitrogens with one attached hydrogen (secondary N) is 2. The number of rotatable bonds is 4. The molecule has 3 rings (SSSR count). The Hall–Kier alpha value is -2.18. The van der Waals surface area contributed by atoms with Crippen molar-refractivity contribution in [3.05, 3.63) is 57.4 Å². The summed E-state index contributed by atoms with van der Waals surface area (Å²) < 4.78 is 1.85. The van der Waals surface area contributed by atoms with E-state index in [1.807, 2.05) is 36.7 Å². The molecule has 1 aromatic carbocycles. The minimum atomic E-state index is -0.118. The molecule has 2 aromatic heterocycles. The molecule has 3 aromatic rings. The summed E-state index contributed by atoms with van der Waals surface area (Å²) in [6.07, 6.45) is 1.65. The zero-order chi connectivity index (χ0) is 15.7. The Morgan fingerprint density at radius 3 is 2.95 bits per heavy atom. The summed E-state index contributed by atoms with van der Waals surface area (Å²) in [7, 11) is 1.89. The Morgan fingerprint density at radius 2 is 2.23 bits per heavy atom. The zero-order valence-corrected chi connectivity index (χ0v) is 13.1. The van der Waals surface area contributed by atoms with Gasteiger partial charge in [0.05, 0.1) is 6.04 Å². The van der Waals surface area contributed by atoms with E-state index >= 15 is 0 Å². The fraction of sp³-hybridized carbons (Fsp3) is 0.267.